The van der Waals surface area contributed by atoms with E-state index in [9.17, 15) is 14.7 Å². The number of amides is 1. The molecule has 4 nitrogen and oxygen atoms in total. The molecule has 1 fully saturated rings. The van der Waals surface area contributed by atoms with Gasteiger partial charge in [-0.1, -0.05) is 6.07 Å². The van der Waals surface area contributed by atoms with Gasteiger partial charge in [-0.05, 0) is 37.6 Å². The number of thiophene rings is 1. The van der Waals surface area contributed by atoms with Crippen molar-refractivity contribution in [3.05, 3.63) is 22.4 Å². The van der Waals surface area contributed by atoms with Crippen LogP contribution in [0.25, 0.3) is 0 Å². The van der Waals surface area contributed by atoms with E-state index in [2.05, 4.69) is 5.32 Å². The molecule has 3 unspecified atom stereocenters. The summed E-state index contributed by atoms with van der Waals surface area (Å²) in [4.78, 5) is 24.6. The van der Waals surface area contributed by atoms with Gasteiger partial charge in [-0.3, -0.25) is 9.59 Å². The summed E-state index contributed by atoms with van der Waals surface area (Å²) in [5.74, 6) is -0.384. The number of rotatable bonds is 5. The van der Waals surface area contributed by atoms with Gasteiger partial charge in [-0.25, -0.2) is 0 Å². The molecule has 0 radical (unpaired) electrons. The average Bonchev–Trinajstić information content (AvgIpc) is 2.98. The summed E-state index contributed by atoms with van der Waals surface area (Å²) >= 11 is 1.42. The molecule has 2 N–H and O–H groups in total. The Labute approximate surface area is 116 Å². The first-order valence-electron chi connectivity index (χ1n) is 6.63. The van der Waals surface area contributed by atoms with Crippen molar-refractivity contribution in [3.63, 3.8) is 0 Å². The van der Waals surface area contributed by atoms with Crippen molar-refractivity contribution in [1.29, 1.82) is 0 Å². The summed E-state index contributed by atoms with van der Waals surface area (Å²) in [7, 11) is 0. The van der Waals surface area contributed by atoms with Crippen LogP contribution in [0.4, 0.5) is 0 Å². The topological polar surface area (TPSA) is 66.4 Å². The number of aliphatic hydroxyl groups excluding tert-OH is 1. The summed E-state index contributed by atoms with van der Waals surface area (Å²) in [5, 5.41) is 14.4. The summed E-state index contributed by atoms with van der Waals surface area (Å²) in [6.07, 6.45) is 2.09. The van der Waals surface area contributed by atoms with Crippen molar-refractivity contribution in [2.24, 2.45) is 5.92 Å². The number of carbonyl (C=O) groups is 2. The minimum Gasteiger partial charge on any atom is -0.392 e. The van der Waals surface area contributed by atoms with Crippen molar-refractivity contribution in [3.8, 4) is 0 Å². The Kier molecular flexibility index (Phi) is 4.71. The van der Waals surface area contributed by atoms with Crippen LogP contribution >= 0.6 is 11.3 Å². The molecule has 1 aliphatic carbocycles. The van der Waals surface area contributed by atoms with E-state index in [4.69, 9.17) is 0 Å². The van der Waals surface area contributed by atoms with Crippen LogP contribution in [0.1, 0.15) is 42.3 Å². The molecule has 5 heteroatoms. The van der Waals surface area contributed by atoms with Gasteiger partial charge in [0.15, 0.2) is 5.78 Å². The Balaban J connectivity index is 1.82. The zero-order valence-corrected chi connectivity index (χ0v) is 11.8. The summed E-state index contributed by atoms with van der Waals surface area (Å²) < 4.78 is 0. The number of hydrogen-bond acceptors (Lipinski definition) is 4. The number of nitrogens with one attached hydrogen (secondary N) is 1. The fourth-order valence-corrected chi connectivity index (χ4v) is 3.14. The Morgan fingerprint density at radius 1 is 1.53 bits per heavy atom. The van der Waals surface area contributed by atoms with Crippen LogP contribution in [0.2, 0.25) is 0 Å². The lowest BCUT2D eigenvalue weighted by molar-refractivity contribution is -0.128. The normalized spacial score (nSPS) is 24.1. The molecule has 0 saturated heterocycles. The van der Waals surface area contributed by atoms with Gasteiger partial charge < -0.3 is 10.4 Å². The number of Topliss-reactive ketones (excluding diaryl/α,β-unsaturated/α-hetero) is 1. The van der Waals surface area contributed by atoms with Crippen molar-refractivity contribution >= 4 is 23.0 Å². The molecule has 1 aliphatic rings. The van der Waals surface area contributed by atoms with E-state index < -0.39 is 6.10 Å². The largest absolute Gasteiger partial charge is 0.392 e. The predicted octanol–water partition coefficient (Wildman–Crippen LogP) is 1.99. The molecule has 3 atom stereocenters. The number of carbonyl (C=O) groups excluding carboxylic acids is 2. The highest BCUT2D eigenvalue weighted by Crippen LogP contribution is 2.25. The SMILES string of the molecule is CC(CC(=O)c1cccs1)NC(=O)C1CCCC1O. The van der Waals surface area contributed by atoms with Gasteiger partial charge >= 0.3 is 0 Å². The summed E-state index contributed by atoms with van der Waals surface area (Å²) in [5.41, 5.74) is 0. The van der Waals surface area contributed by atoms with Crippen LogP contribution in [0, 0.1) is 5.92 Å². The Hall–Kier alpha value is -1.20. The van der Waals surface area contributed by atoms with Crippen LogP contribution in [0.5, 0.6) is 0 Å². The lowest BCUT2D eigenvalue weighted by Crippen LogP contribution is -2.40. The number of aliphatic hydroxyl groups is 1. The van der Waals surface area contributed by atoms with Gasteiger partial charge in [0.25, 0.3) is 0 Å². The van der Waals surface area contributed by atoms with Gasteiger partial charge in [0.05, 0.1) is 16.9 Å². The second-order valence-electron chi connectivity index (χ2n) is 5.12. The van der Waals surface area contributed by atoms with Crippen molar-refractivity contribution in [2.45, 2.75) is 44.8 Å². The van der Waals surface area contributed by atoms with Crippen LogP contribution in [-0.4, -0.2) is 28.9 Å². The van der Waals surface area contributed by atoms with E-state index in [0.717, 1.165) is 17.7 Å². The van der Waals surface area contributed by atoms with Gasteiger partial charge in [-0.2, -0.15) is 0 Å². The minimum absolute atomic E-state index is 0.0507. The first kappa shape index (κ1) is 14.2. The van der Waals surface area contributed by atoms with Crippen LogP contribution in [0.15, 0.2) is 17.5 Å². The third kappa shape index (κ3) is 3.64. The molecule has 2 rings (SSSR count). The van der Waals surface area contributed by atoms with Gasteiger partial charge in [0, 0.05) is 12.5 Å². The molecule has 0 spiro atoms. The van der Waals surface area contributed by atoms with Crippen LogP contribution in [0.3, 0.4) is 0 Å². The molecule has 1 aromatic rings. The van der Waals surface area contributed by atoms with E-state index in [0.29, 0.717) is 12.8 Å². The molecule has 1 amide bonds. The second kappa shape index (κ2) is 6.30. The summed E-state index contributed by atoms with van der Waals surface area (Å²) in [6, 6.07) is 3.44. The Morgan fingerprint density at radius 3 is 2.89 bits per heavy atom. The van der Waals surface area contributed by atoms with Crippen LogP contribution in [-0.2, 0) is 4.79 Å². The fraction of sp³-hybridized carbons (Fsp3) is 0.571. The molecule has 1 saturated carbocycles. The molecule has 19 heavy (non-hydrogen) atoms. The molecule has 1 aromatic heterocycles. The van der Waals surface area contributed by atoms with Crippen molar-refractivity contribution in [1.82, 2.24) is 5.32 Å². The molecule has 0 aromatic carbocycles. The number of hydrogen-bond donors (Lipinski definition) is 2. The highest BCUT2D eigenvalue weighted by Gasteiger charge is 2.32. The molecular weight excluding hydrogens is 262 g/mol. The Bertz CT molecular complexity index is 444. The maximum atomic E-state index is 12.0. The van der Waals surface area contributed by atoms with Gasteiger partial charge in [0.2, 0.25) is 5.91 Å². The lowest BCUT2D eigenvalue weighted by atomic mass is 10.0. The second-order valence-corrected chi connectivity index (χ2v) is 6.07. The number of ketones is 1. The minimum atomic E-state index is -0.528. The highest BCUT2D eigenvalue weighted by atomic mass is 32.1. The first-order chi connectivity index (χ1) is 9.08. The van der Waals surface area contributed by atoms with E-state index in [-0.39, 0.29) is 23.7 Å². The zero-order valence-electron chi connectivity index (χ0n) is 11.0. The molecular formula is C14H19NO3S. The quantitative estimate of drug-likeness (QED) is 0.811. The van der Waals surface area contributed by atoms with E-state index in [1.54, 1.807) is 6.07 Å². The average molecular weight is 281 g/mol. The molecule has 0 aliphatic heterocycles. The molecule has 104 valence electrons. The first-order valence-corrected chi connectivity index (χ1v) is 7.51. The smallest absolute Gasteiger partial charge is 0.225 e. The van der Waals surface area contributed by atoms with Crippen molar-refractivity contribution < 1.29 is 14.7 Å². The van der Waals surface area contributed by atoms with E-state index in [1.165, 1.54) is 11.3 Å². The van der Waals surface area contributed by atoms with E-state index >= 15 is 0 Å². The lowest BCUT2D eigenvalue weighted by Gasteiger charge is -2.18. The standard InChI is InChI=1S/C14H19NO3S/c1-9(8-12(17)13-6-3-7-19-13)15-14(18)10-4-2-5-11(10)16/h3,6-7,9-11,16H,2,4-5,8H2,1H3,(H,15,18). The maximum Gasteiger partial charge on any atom is 0.225 e. The van der Waals surface area contributed by atoms with Gasteiger partial charge in [0.1, 0.15) is 0 Å². The van der Waals surface area contributed by atoms with Crippen LogP contribution < -0.4 is 5.32 Å². The third-order valence-corrected chi connectivity index (χ3v) is 4.40. The predicted molar refractivity (Wildman–Crippen MR) is 74.2 cm³/mol. The highest BCUT2D eigenvalue weighted by molar-refractivity contribution is 7.12. The van der Waals surface area contributed by atoms with E-state index in [1.807, 2.05) is 18.4 Å². The molecule has 0 bridgehead atoms. The van der Waals surface area contributed by atoms with Crippen molar-refractivity contribution in [2.75, 3.05) is 0 Å². The fourth-order valence-electron chi connectivity index (χ4n) is 2.46. The monoisotopic (exact) mass is 281 g/mol. The summed E-state index contributed by atoms with van der Waals surface area (Å²) in [6.45, 7) is 1.82. The zero-order chi connectivity index (χ0) is 13.8. The Morgan fingerprint density at radius 2 is 2.32 bits per heavy atom. The molecule has 1 heterocycles. The van der Waals surface area contributed by atoms with Gasteiger partial charge in [-0.15, -0.1) is 11.3 Å². The maximum absolute atomic E-state index is 12.0. The third-order valence-electron chi connectivity index (χ3n) is 3.49.